The van der Waals surface area contributed by atoms with Crippen molar-refractivity contribution in [3.63, 3.8) is 0 Å². The van der Waals surface area contributed by atoms with Gasteiger partial charge in [-0.3, -0.25) is 10.1 Å². The minimum Gasteiger partial charge on any atom is -0.300 e. The Hall–Kier alpha value is -3.83. The summed E-state index contributed by atoms with van der Waals surface area (Å²) in [5.74, 6) is 0. The summed E-state index contributed by atoms with van der Waals surface area (Å²) in [5.41, 5.74) is 11.5. The molecule has 4 heterocycles. The van der Waals surface area contributed by atoms with E-state index in [2.05, 4.69) is 81.6 Å². The minimum atomic E-state index is 0.698. The van der Waals surface area contributed by atoms with Crippen molar-refractivity contribution in [1.29, 1.82) is 0 Å². The predicted octanol–water partition coefficient (Wildman–Crippen LogP) is 6.62. The summed E-state index contributed by atoms with van der Waals surface area (Å²) in [7, 11) is 0. The first kappa shape index (κ1) is 22.4. The number of nitrogens with one attached hydrogen (secondary N) is 1. The molecule has 5 nitrogen and oxygen atoms in total. The van der Waals surface area contributed by atoms with Gasteiger partial charge in [0.1, 0.15) is 5.69 Å². The van der Waals surface area contributed by atoms with Crippen molar-refractivity contribution in [3.05, 3.63) is 89.7 Å². The lowest BCUT2D eigenvalue weighted by Crippen LogP contribution is -2.37. The summed E-state index contributed by atoms with van der Waals surface area (Å²) in [6.45, 7) is 4.63. The molecule has 1 N–H and O–H groups in total. The van der Waals surface area contributed by atoms with Crippen LogP contribution < -0.4 is 0 Å². The third kappa shape index (κ3) is 4.13. The van der Waals surface area contributed by atoms with E-state index in [4.69, 9.17) is 4.98 Å². The van der Waals surface area contributed by atoms with E-state index in [-0.39, 0.29) is 0 Å². The zero-order valence-corrected chi connectivity index (χ0v) is 21.2. The third-order valence-corrected chi connectivity index (χ3v) is 8.26. The van der Waals surface area contributed by atoms with E-state index < -0.39 is 0 Å². The second-order valence-electron chi connectivity index (χ2n) is 10.6. The van der Waals surface area contributed by atoms with Gasteiger partial charge in [0, 0.05) is 40.5 Å². The molecule has 7 rings (SSSR count). The van der Waals surface area contributed by atoms with E-state index in [1.165, 1.54) is 61.0 Å². The van der Waals surface area contributed by atoms with Crippen LogP contribution in [0.4, 0.5) is 0 Å². The van der Waals surface area contributed by atoms with E-state index in [1.807, 2.05) is 18.5 Å². The zero-order chi connectivity index (χ0) is 24.8. The lowest BCUT2D eigenvalue weighted by Gasteiger charge is -2.32. The third-order valence-electron chi connectivity index (χ3n) is 8.26. The van der Waals surface area contributed by atoms with Gasteiger partial charge >= 0.3 is 0 Å². The average molecular weight is 486 g/mol. The van der Waals surface area contributed by atoms with Crippen LogP contribution in [0, 0.1) is 6.92 Å². The van der Waals surface area contributed by atoms with Gasteiger partial charge in [-0.05, 0) is 86.5 Å². The number of hydrogen-bond acceptors (Lipinski definition) is 4. The highest BCUT2D eigenvalue weighted by atomic mass is 15.2. The smallest absolute Gasteiger partial charge is 0.155 e. The fraction of sp³-hybridized carbons (Fsp3) is 0.281. The summed E-state index contributed by atoms with van der Waals surface area (Å²) in [6.07, 6.45) is 10.2. The van der Waals surface area contributed by atoms with Crippen LogP contribution in [0.5, 0.6) is 0 Å². The van der Waals surface area contributed by atoms with Crippen LogP contribution in [0.15, 0.2) is 73.1 Å². The highest BCUT2D eigenvalue weighted by Crippen LogP contribution is 2.33. The number of benzene rings is 2. The summed E-state index contributed by atoms with van der Waals surface area (Å²) in [4.78, 5) is 12.0. The predicted molar refractivity (Wildman–Crippen MR) is 149 cm³/mol. The molecule has 5 aromatic rings. The Balaban J connectivity index is 1.20. The van der Waals surface area contributed by atoms with Crippen LogP contribution in [-0.4, -0.2) is 44.2 Å². The quantitative estimate of drug-likeness (QED) is 0.311. The maximum Gasteiger partial charge on any atom is 0.155 e. The molecule has 2 aliphatic rings. The number of aryl methyl sites for hydroxylation is 2. The van der Waals surface area contributed by atoms with Gasteiger partial charge in [0.25, 0.3) is 0 Å². The molecule has 37 heavy (non-hydrogen) atoms. The topological polar surface area (TPSA) is 57.7 Å². The van der Waals surface area contributed by atoms with Crippen LogP contribution in [-0.2, 0) is 12.8 Å². The average Bonchev–Trinajstić information content (AvgIpc) is 3.63. The normalized spacial score (nSPS) is 17.8. The molecule has 1 aliphatic carbocycles. The van der Waals surface area contributed by atoms with E-state index in [0.717, 1.165) is 45.5 Å². The van der Waals surface area contributed by atoms with Gasteiger partial charge in [0.2, 0.25) is 0 Å². The van der Waals surface area contributed by atoms with E-state index >= 15 is 0 Å². The first-order chi connectivity index (χ1) is 18.2. The van der Waals surface area contributed by atoms with E-state index in [9.17, 15) is 0 Å². The van der Waals surface area contributed by atoms with Crippen LogP contribution >= 0.6 is 0 Å². The SMILES string of the molecule is Cc1cccnc1-c1ccc(-c2n[nH]c3ncc(-c4ccc5c(c4)CC(N4CCCC4)CC5)cc23)cc1. The molecular formula is C32H31N5. The summed E-state index contributed by atoms with van der Waals surface area (Å²) in [6, 6.07) is 22.5. The van der Waals surface area contributed by atoms with Crippen molar-refractivity contribution in [1.82, 2.24) is 25.1 Å². The fourth-order valence-corrected chi connectivity index (χ4v) is 6.19. The molecule has 184 valence electrons. The summed E-state index contributed by atoms with van der Waals surface area (Å²) in [5, 5.41) is 8.81. The molecule has 1 unspecified atom stereocenters. The molecule has 1 aliphatic heterocycles. The molecule has 1 fully saturated rings. The molecule has 0 saturated carbocycles. The highest BCUT2D eigenvalue weighted by molar-refractivity contribution is 5.93. The number of hydrogen-bond donors (Lipinski definition) is 1. The van der Waals surface area contributed by atoms with Gasteiger partial charge < -0.3 is 4.90 Å². The van der Waals surface area contributed by atoms with E-state index in [0.29, 0.717) is 6.04 Å². The molecular weight excluding hydrogens is 454 g/mol. The van der Waals surface area contributed by atoms with Crippen molar-refractivity contribution >= 4 is 11.0 Å². The van der Waals surface area contributed by atoms with Crippen molar-refractivity contribution in [3.8, 4) is 33.6 Å². The maximum atomic E-state index is 4.73. The molecule has 5 heteroatoms. The molecule has 0 spiro atoms. The Labute approximate surface area is 217 Å². The number of fused-ring (bicyclic) bond motifs is 2. The summed E-state index contributed by atoms with van der Waals surface area (Å²) < 4.78 is 0. The number of aromatic amines is 1. The fourth-order valence-electron chi connectivity index (χ4n) is 6.19. The molecule has 0 bridgehead atoms. The molecule has 2 aromatic carbocycles. The Morgan fingerprint density at radius 1 is 0.811 bits per heavy atom. The summed E-state index contributed by atoms with van der Waals surface area (Å²) >= 11 is 0. The number of rotatable bonds is 4. The van der Waals surface area contributed by atoms with Gasteiger partial charge in [0.15, 0.2) is 5.65 Å². The Morgan fingerprint density at radius 3 is 2.41 bits per heavy atom. The first-order valence-electron chi connectivity index (χ1n) is 13.5. The molecule has 1 atom stereocenters. The van der Waals surface area contributed by atoms with Crippen molar-refractivity contribution in [2.45, 2.75) is 45.1 Å². The van der Waals surface area contributed by atoms with Crippen molar-refractivity contribution in [2.24, 2.45) is 0 Å². The van der Waals surface area contributed by atoms with Crippen LogP contribution in [0.2, 0.25) is 0 Å². The maximum absolute atomic E-state index is 4.73. The Bertz CT molecular complexity index is 1580. The number of likely N-dealkylation sites (tertiary alicyclic amines) is 1. The number of nitrogens with zero attached hydrogens (tertiary/aromatic N) is 4. The first-order valence-corrected chi connectivity index (χ1v) is 13.5. The monoisotopic (exact) mass is 485 g/mol. The second-order valence-corrected chi connectivity index (χ2v) is 10.6. The zero-order valence-electron chi connectivity index (χ0n) is 21.2. The molecule has 3 aromatic heterocycles. The number of H-pyrrole nitrogens is 1. The van der Waals surface area contributed by atoms with Gasteiger partial charge in [0.05, 0.1) is 5.69 Å². The second kappa shape index (κ2) is 9.24. The lowest BCUT2D eigenvalue weighted by molar-refractivity contribution is 0.222. The van der Waals surface area contributed by atoms with Gasteiger partial charge in [-0.25, -0.2) is 4.98 Å². The Morgan fingerprint density at radius 2 is 1.59 bits per heavy atom. The van der Waals surface area contributed by atoms with Gasteiger partial charge in [-0.2, -0.15) is 5.10 Å². The van der Waals surface area contributed by atoms with E-state index in [1.54, 1.807) is 0 Å². The highest BCUT2D eigenvalue weighted by Gasteiger charge is 2.26. The van der Waals surface area contributed by atoms with Gasteiger partial charge in [-0.15, -0.1) is 0 Å². The Kier molecular flexibility index (Phi) is 5.59. The van der Waals surface area contributed by atoms with Crippen LogP contribution in [0.3, 0.4) is 0 Å². The van der Waals surface area contributed by atoms with Gasteiger partial charge in [-0.1, -0.05) is 48.5 Å². The lowest BCUT2D eigenvalue weighted by atomic mass is 9.85. The number of aromatic nitrogens is 4. The van der Waals surface area contributed by atoms with Crippen molar-refractivity contribution in [2.75, 3.05) is 13.1 Å². The van der Waals surface area contributed by atoms with Crippen LogP contribution in [0.1, 0.15) is 36.0 Å². The standard InChI is InChI=1S/C32H31N5/c1-21-5-4-14-33-30(21)23-7-9-24(10-8-23)31-29-19-27(20-34-32(29)36-35-31)25-11-6-22-12-13-28(18-26(22)17-25)37-15-2-3-16-37/h4-11,14,17,19-20,28H,2-3,12-13,15-16,18H2,1H3,(H,34,35,36). The molecule has 0 amide bonds. The van der Waals surface area contributed by atoms with Crippen LogP contribution in [0.25, 0.3) is 44.7 Å². The minimum absolute atomic E-state index is 0.698. The molecule has 1 saturated heterocycles. The largest absolute Gasteiger partial charge is 0.300 e. The van der Waals surface area contributed by atoms with Crippen molar-refractivity contribution < 1.29 is 0 Å². The molecule has 0 radical (unpaired) electrons. The number of pyridine rings is 2.